The van der Waals surface area contributed by atoms with E-state index in [-0.39, 0.29) is 0 Å². The summed E-state index contributed by atoms with van der Waals surface area (Å²) in [4.78, 5) is 0. The van der Waals surface area contributed by atoms with Crippen LogP contribution in [0.15, 0.2) is 28.9 Å². The van der Waals surface area contributed by atoms with Crippen molar-refractivity contribution in [1.29, 1.82) is 0 Å². The largest absolute Gasteiger partial charge is 0.463 e. The van der Waals surface area contributed by atoms with Crippen LogP contribution >= 0.6 is 0 Å². The molecular weight excluding hydrogens is 178 g/mol. The minimum absolute atomic E-state index is 0.679. The zero-order valence-electron chi connectivity index (χ0n) is 8.10. The molecule has 4 nitrogen and oxygen atoms in total. The third-order valence-corrected chi connectivity index (χ3v) is 2.02. The van der Waals surface area contributed by atoms with Crippen molar-refractivity contribution in [2.75, 3.05) is 5.73 Å². The van der Waals surface area contributed by atoms with Crippen molar-refractivity contribution in [2.24, 2.45) is 0 Å². The molecule has 2 aromatic rings. The number of hydrogen-bond acceptors (Lipinski definition) is 3. The van der Waals surface area contributed by atoms with Crippen molar-refractivity contribution in [3.8, 4) is 11.5 Å². The van der Waals surface area contributed by atoms with E-state index in [0.717, 1.165) is 24.4 Å². The van der Waals surface area contributed by atoms with Crippen LogP contribution in [0.4, 0.5) is 5.82 Å². The minimum Gasteiger partial charge on any atom is -0.463 e. The van der Waals surface area contributed by atoms with E-state index in [9.17, 15) is 0 Å². The van der Waals surface area contributed by atoms with Gasteiger partial charge in [-0.2, -0.15) is 5.10 Å². The molecule has 0 aromatic carbocycles. The molecule has 0 aliphatic rings. The quantitative estimate of drug-likeness (QED) is 0.808. The summed E-state index contributed by atoms with van der Waals surface area (Å²) in [5.74, 6) is 1.44. The van der Waals surface area contributed by atoms with Gasteiger partial charge in [-0.15, -0.1) is 0 Å². The Hall–Kier alpha value is -1.71. The summed E-state index contributed by atoms with van der Waals surface area (Å²) < 4.78 is 7.02. The SMILES string of the molecule is CCCn1nc(-c2ccco2)cc1N. The maximum atomic E-state index is 5.79. The molecule has 2 heterocycles. The van der Waals surface area contributed by atoms with E-state index in [0.29, 0.717) is 5.82 Å². The molecule has 0 atom stereocenters. The summed E-state index contributed by atoms with van der Waals surface area (Å²) >= 11 is 0. The number of nitrogens with two attached hydrogens (primary N) is 1. The van der Waals surface area contributed by atoms with Crippen LogP contribution in [-0.4, -0.2) is 9.78 Å². The molecule has 2 N–H and O–H groups in total. The van der Waals surface area contributed by atoms with Crippen molar-refractivity contribution in [3.05, 3.63) is 24.5 Å². The average molecular weight is 191 g/mol. The summed E-state index contributed by atoms with van der Waals surface area (Å²) in [7, 11) is 0. The van der Waals surface area contributed by atoms with Crippen molar-refractivity contribution in [2.45, 2.75) is 19.9 Å². The Morgan fingerprint density at radius 2 is 2.43 bits per heavy atom. The van der Waals surface area contributed by atoms with Crippen molar-refractivity contribution >= 4 is 5.82 Å². The van der Waals surface area contributed by atoms with Gasteiger partial charge in [0.05, 0.1) is 6.26 Å². The molecule has 0 spiro atoms. The number of anilines is 1. The van der Waals surface area contributed by atoms with Crippen LogP contribution in [0.25, 0.3) is 11.5 Å². The zero-order chi connectivity index (χ0) is 9.97. The Bertz CT molecular complexity index is 403. The molecular formula is C10H13N3O. The van der Waals surface area contributed by atoms with E-state index in [4.69, 9.17) is 10.2 Å². The molecule has 0 saturated heterocycles. The van der Waals surface area contributed by atoms with Gasteiger partial charge in [0.15, 0.2) is 5.76 Å². The fourth-order valence-corrected chi connectivity index (χ4v) is 1.37. The lowest BCUT2D eigenvalue weighted by atomic mass is 10.3. The highest BCUT2D eigenvalue weighted by atomic mass is 16.3. The van der Waals surface area contributed by atoms with Crippen LogP contribution < -0.4 is 5.73 Å². The first-order chi connectivity index (χ1) is 6.81. The van der Waals surface area contributed by atoms with E-state index in [1.165, 1.54) is 0 Å². The van der Waals surface area contributed by atoms with Gasteiger partial charge in [0.2, 0.25) is 0 Å². The normalized spacial score (nSPS) is 10.6. The van der Waals surface area contributed by atoms with Gasteiger partial charge in [-0.25, -0.2) is 4.68 Å². The third kappa shape index (κ3) is 1.51. The molecule has 0 unspecified atom stereocenters. The van der Waals surface area contributed by atoms with Crippen LogP contribution in [0.3, 0.4) is 0 Å². The number of furan rings is 1. The highest BCUT2D eigenvalue weighted by Gasteiger charge is 2.07. The van der Waals surface area contributed by atoms with Gasteiger partial charge in [-0.05, 0) is 18.6 Å². The van der Waals surface area contributed by atoms with E-state index < -0.39 is 0 Å². The fourth-order valence-electron chi connectivity index (χ4n) is 1.37. The second-order valence-corrected chi connectivity index (χ2v) is 3.15. The lowest BCUT2D eigenvalue weighted by Crippen LogP contribution is -2.03. The van der Waals surface area contributed by atoms with Crippen LogP contribution in [-0.2, 0) is 6.54 Å². The highest BCUT2D eigenvalue weighted by molar-refractivity contribution is 5.56. The molecule has 0 aliphatic heterocycles. The lowest BCUT2D eigenvalue weighted by Gasteiger charge is -1.98. The summed E-state index contributed by atoms with van der Waals surface area (Å²) in [6.45, 7) is 2.93. The van der Waals surface area contributed by atoms with Gasteiger partial charge in [0.25, 0.3) is 0 Å². The Balaban J connectivity index is 2.33. The number of rotatable bonds is 3. The standard InChI is InChI=1S/C10H13N3O/c1-2-5-13-10(11)7-8(12-13)9-4-3-6-14-9/h3-4,6-7H,2,5,11H2,1H3. The Morgan fingerprint density at radius 3 is 3.07 bits per heavy atom. The lowest BCUT2D eigenvalue weighted by molar-refractivity contribution is 0.571. The van der Waals surface area contributed by atoms with E-state index in [1.807, 2.05) is 18.2 Å². The molecule has 0 saturated carbocycles. The Kier molecular flexibility index (Phi) is 2.26. The van der Waals surface area contributed by atoms with Crippen LogP contribution in [0.5, 0.6) is 0 Å². The predicted molar refractivity (Wildman–Crippen MR) is 54.6 cm³/mol. The van der Waals surface area contributed by atoms with Crippen molar-refractivity contribution in [3.63, 3.8) is 0 Å². The molecule has 0 aliphatic carbocycles. The van der Waals surface area contributed by atoms with Gasteiger partial charge < -0.3 is 10.2 Å². The summed E-state index contributed by atoms with van der Waals surface area (Å²) in [5.41, 5.74) is 6.58. The molecule has 74 valence electrons. The molecule has 2 rings (SSSR count). The number of nitrogens with zero attached hydrogens (tertiary/aromatic N) is 2. The van der Waals surface area contributed by atoms with Gasteiger partial charge in [-0.1, -0.05) is 6.92 Å². The molecule has 14 heavy (non-hydrogen) atoms. The zero-order valence-corrected chi connectivity index (χ0v) is 8.10. The minimum atomic E-state index is 0.679. The van der Waals surface area contributed by atoms with E-state index in [2.05, 4.69) is 12.0 Å². The second-order valence-electron chi connectivity index (χ2n) is 3.15. The van der Waals surface area contributed by atoms with Gasteiger partial charge >= 0.3 is 0 Å². The summed E-state index contributed by atoms with van der Waals surface area (Å²) in [6, 6.07) is 5.54. The number of aryl methyl sites for hydroxylation is 1. The fraction of sp³-hybridized carbons (Fsp3) is 0.300. The maximum absolute atomic E-state index is 5.79. The Morgan fingerprint density at radius 1 is 1.57 bits per heavy atom. The third-order valence-electron chi connectivity index (χ3n) is 2.02. The van der Waals surface area contributed by atoms with E-state index >= 15 is 0 Å². The van der Waals surface area contributed by atoms with Crippen LogP contribution in [0.2, 0.25) is 0 Å². The predicted octanol–water partition coefficient (Wildman–Crippen LogP) is 2.14. The van der Waals surface area contributed by atoms with Gasteiger partial charge in [0, 0.05) is 12.6 Å². The number of hydrogen-bond donors (Lipinski definition) is 1. The first-order valence-electron chi connectivity index (χ1n) is 4.68. The molecule has 2 aromatic heterocycles. The summed E-state index contributed by atoms with van der Waals surface area (Å²) in [5, 5.41) is 4.34. The monoisotopic (exact) mass is 191 g/mol. The van der Waals surface area contributed by atoms with Gasteiger partial charge in [-0.3, -0.25) is 0 Å². The second kappa shape index (κ2) is 3.57. The topological polar surface area (TPSA) is 57.0 Å². The maximum Gasteiger partial charge on any atom is 0.154 e. The first-order valence-corrected chi connectivity index (χ1v) is 4.68. The number of nitrogen functional groups attached to an aromatic ring is 1. The molecule has 4 heteroatoms. The molecule has 0 radical (unpaired) electrons. The summed E-state index contributed by atoms with van der Waals surface area (Å²) in [6.07, 6.45) is 2.65. The van der Waals surface area contributed by atoms with Crippen molar-refractivity contribution in [1.82, 2.24) is 9.78 Å². The van der Waals surface area contributed by atoms with Crippen LogP contribution in [0.1, 0.15) is 13.3 Å². The smallest absolute Gasteiger partial charge is 0.154 e. The highest BCUT2D eigenvalue weighted by Crippen LogP contribution is 2.20. The molecule has 0 bridgehead atoms. The van der Waals surface area contributed by atoms with E-state index in [1.54, 1.807) is 10.9 Å². The molecule has 0 amide bonds. The number of aromatic nitrogens is 2. The van der Waals surface area contributed by atoms with Crippen LogP contribution in [0, 0.1) is 0 Å². The first kappa shape index (κ1) is 8.87. The molecule has 0 fully saturated rings. The van der Waals surface area contributed by atoms with Crippen molar-refractivity contribution < 1.29 is 4.42 Å². The average Bonchev–Trinajstić information content (AvgIpc) is 2.76. The Labute approximate surface area is 82.3 Å². The van der Waals surface area contributed by atoms with Gasteiger partial charge in [0.1, 0.15) is 11.5 Å².